The molecule has 2 aromatic rings. The second-order valence-corrected chi connectivity index (χ2v) is 9.87. The first-order valence-electron chi connectivity index (χ1n) is 9.89. The second-order valence-electron chi connectivity index (χ2n) is 7.90. The molecule has 8 heteroatoms. The van der Waals surface area contributed by atoms with Crippen molar-refractivity contribution in [3.8, 4) is 0 Å². The molecule has 3 aliphatic heterocycles. The highest BCUT2D eigenvalue weighted by atomic mass is 32.2. The minimum atomic E-state index is -3.72. The molecule has 5 rings (SSSR count). The number of fused-ring (bicyclic) bond motifs is 3. The van der Waals surface area contributed by atoms with Gasteiger partial charge in [-0.05, 0) is 30.3 Å². The first-order chi connectivity index (χ1) is 13.9. The van der Waals surface area contributed by atoms with Crippen LogP contribution in [0.25, 0.3) is 0 Å². The molecule has 1 amide bonds. The lowest BCUT2D eigenvalue weighted by Crippen LogP contribution is -2.68. The number of amides is 1. The van der Waals surface area contributed by atoms with Gasteiger partial charge in [-0.3, -0.25) is 14.0 Å². The van der Waals surface area contributed by atoms with E-state index in [-0.39, 0.29) is 10.8 Å². The van der Waals surface area contributed by atoms with Crippen molar-refractivity contribution in [3.63, 3.8) is 0 Å². The Balaban J connectivity index is 1.47. The molecule has 0 unspecified atom stereocenters. The Hall–Kier alpha value is -2.42. The van der Waals surface area contributed by atoms with E-state index >= 15 is 0 Å². The van der Waals surface area contributed by atoms with Crippen molar-refractivity contribution >= 4 is 27.3 Å². The Morgan fingerprint density at radius 1 is 1.03 bits per heavy atom. The van der Waals surface area contributed by atoms with Crippen LogP contribution in [0.3, 0.4) is 0 Å². The lowest BCUT2D eigenvalue weighted by atomic mass is 10.1. The Morgan fingerprint density at radius 2 is 1.69 bits per heavy atom. The number of nitrogens with one attached hydrogen (secondary N) is 1. The minimum absolute atomic E-state index is 0.0636. The van der Waals surface area contributed by atoms with Crippen molar-refractivity contribution in [1.82, 2.24) is 4.90 Å². The summed E-state index contributed by atoms with van der Waals surface area (Å²) >= 11 is 0. The molecule has 154 valence electrons. The maximum absolute atomic E-state index is 13.0. The number of hydrogen-bond donors (Lipinski definition) is 1. The number of quaternary nitrogens is 1. The summed E-state index contributed by atoms with van der Waals surface area (Å²) in [6, 6.07) is 15.4. The van der Waals surface area contributed by atoms with Crippen LogP contribution in [0.4, 0.5) is 11.4 Å². The molecule has 3 fully saturated rings. The average molecular weight is 416 g/mol. The van der Waals surface area contributed by atoms with Crippen molar-refractivity contribution in [2.75, 3.05) is 62.5 Å². The van der Waals surface area contributed by atoms with Gasteiger partial charge in [0.15, 0.2) is 6.54 Å². The van der Waals surface area contributed by atoms with E-state index in [2.05, 4.69) is 10.2 Å². The predicted octanol–water partition coefficient (Wildman–Crippen LogP) is 1.60. The molecule has 7 nitrogen and oxygen atoms in total. The third-order valence-electron chi connectivity index (χ3n) is 6.05. The maximum atomic E-state index is 13.0. The Morgan fingerprint density at radius 3 is 2.34 bits per heavy atom. The van der Waals surface area contributed by atoms with Crippen LogP contribution in [0.2, 0.25) is 0 Å². The molecule has 3 heterocycles. The van der Waals surface area contributed by atoms with E-state index in [9.17, 15) is 13.2 Å². The zero-order valence-corrected chi connectivity index (χ0v) is 17.4. The van der Waals surface area contributed by atoms with Gasteiger partial charge in [0, 0.05) is 32.4 Å². The molecule has 1 N–H and O–H groups in total. The number of sulfonamides is 1. The Labute approximate surface area is 172 Å². The number of nitrogens with zero attached hydrogens (tertiary/aromatic N) is 3. The summed E-state index contributed by atoms with van der Waals surface area (Å²) in [4.78, 5) is 15.3. The van der Waals surface area contributed by atoms with Gasteiger partial charge in [0.1, 0.15) is 0 Å². The van der Waals surface area contributed by atoms with Gasteiger partial charge in [-0.1, -0.05) is 24.3 Å². The molecule has 29 heavy (non-hydrogen) atoms. The molecule has 2 aromatic carbocycles. The second kappa shape index (κ2) is 7.78. The molecule has 0 spiro atoms. The lowest BCUT2D eigenvalue weighted by Gasteiger charge is -2.50. The van der Waals surface area contributed by atoms with Gasteiger partial charge >= 0.3 is 0 Å². The summed E-state index contributed by atoms with van der Waals surface area (Å²) in [5.74, 6) is -0.0636. The van der Waals surface area contributed by atoms with E-state index in [1.54, 1.807) is 42.5 Å². The lowest BCUT2D eigenvalue weighted by molar-refractivity contribution is -0.933. The molecule has 3 saturated heterocycles. The predicted molar refractivity (Wildman–Crippen MR) is 113 cm³/mol. The van der Waals surface area contributed by atoms with Crippen molar-refractivity contribution in [1.29, 1.82) is 0 Å². The van der Waals surface area contributed by atoms with E-state index in [4.69, 9.17) is 0 Å². The number of benzene rings is 2. The molecule has 0 aliphatic carbocycles. The van der Waals surface area contributed by atoms with Crippen LogP contribution >= 0.6 is 0 Å². The fourth-order valence-corrected chi connectivity index (χ4v) is 5.38. The monoisotopic (exact) mass is 415 g/mol. The summed E-state index contributed by atoms with van der Waals surface area (Å²) < 4.78 is 28.1. The van der Waals surface area contributed by atoms with Crippen LogP contribution in [-0.2, 0) is 14.8 Å². The Kier molecular flexibility index (Phi) is 5.33. The standard InChI is InChI=1S/C21H26N4O3S/c1-23(19-7-3-2-4-8-19)29(27,28)20-9-5-6-18(16-20)22-21(26)17-25-13-10-24(11-14-25)12-15-25/h2-9,16H,10-15,17H2,1H3/p+1. The van der Waals surface area contributed by atoms with Gasteiger partial charge in [0.05, 0.1) is 30.2 Å². The molecule has 3 aliphatic rings. The molecule has 2 bridgehead atoms. The smallest absolute Gasteiger partial charge is 0.279 e. The summed E-state index contributed by atoms with van der Waals surface area (Å²) in [6.07, 6.45) is 0. The highest BCUT2D eigenvalue weighted by Crippen LogP contribution is 2.24. The van der Waals surface area contributed by atoms with E-state index in [1.807, 2.05) is 6.07 Å². The summed E-state index contributed by atoms with van der Waals surface area (Å²) in [5.41, 5.74) is 1.09. The van der Waals surface area contributed by atoms with Crippen molar-refractivity contribution < 1.29 is 17.7 Å². The largest absolute Gasteiger partial charge is 0.321 e. The highest BCUT2D eigenvalue weighted by Gasteiger charge is 2.39. The molecule has 0 aromatic heterocycles. The van der Waals surface area contributed by atoms with Crippen LogP contribution < -0.4 is 9.62 Å². The fraction of sp³-hybridized carbons (Fsp3) is 0.381. The number of para-hydroxylation sites is 1. The first kappa shape index (κ1) is 19.9. The number of carbonyl (C=O) groups excluding carboxylic acids is 1. The van der Waals surface area contributed by atoms with Gasteiger partial charge in [0.2, 0.25) is 0 Å². The van der Waals surface area contributed by atoms with E-state index < -0.39 is 10.0 Å². The zero-order valence-electron chi connectivity index (χ0n) is 16.6. The SMILES string of the molecule is CN(c1ccccc1)S(=O)(=O)c1cccc(NC(=O)C[N+]23CCN(CC2)CC3)c1. The van der Waals surface area contributed by atoms with Gasteiger partial charge in [-0.15, -0.1) is 0 Å². The highest BCUT2D eigenvalue weighted by molar-refractivity contribution is 7.92. The fourth-order valence-electron chi connectivity index (χ4n) is 4.14. The van der Waals surface area contributed by atoms with Crippen LogP contribution in [0.5, 0.6) is 0 Å². The maximum Gasteiger partial charge on any atom is 0.279 e. The summed E-state index contributed by atoms with van der Waals surface area (Å²) in [5, 5.41) is 2.91. The van der Waals surface area contributed by atoms with Gasteiger partial charge in [0.25, 0.3) is 15.9 Å². The number of hydrogen-bond acceptors (Lipinski definition) is 4. The summed E-state index contributed by atoms with van der Waals surface area (Å²) in [7, 11) is -2.19. The van der Waals surface area contributed by atoms with E-state index in [1.165, 1.54) is 17.4 Å². The molecular formula is C21H27N4O3S+. The van der Waals surface area contributed by atoms with Crippen LogP contribution in [0.1, 0.15) is 0 Å². The molecule has 0 radical (unpaired) electrons. The first-order valence-corrected chi connectivity index (χ1v) is 11.3. The average Bonchev–Trinajstić information content (AvgIpc) is 2.75. The quantitative estimate of drug-likeness (QED) is 0.728. The third kappa shape index (κ3) is 4.14. The molecular weight excluding hydrogens is 388 g/mol. The van der Waals surface area contributed by atoms with Crippen molar-refractivity contribution in [2.45, 2.75) is 4.90 Å². The molecule has 0 saturated carbocycles. The minimum Gasteiger partial charge on any atom is -0.321 e. The topological polar surface area (TPSA) is 69.7 Å². The normalized spacial score (nSPS) is 23.6. The number of rotatable bonds is 6. The van der Waals surface area contributed by atoms with E-state index in [0.717, 1.165) is 43.8 Å². The van der Waals surface area contributed by atoms with Crippen molar-refractivity contribution in [3.05, 3.63) is 54.6 Å². The number of carbonyl (C=O) groups is 1. The molecule has 0 atom stereocenters. The number of anilines is 2. The van der Waals surface area contributed by atoms with Crippen LogP contribution in [0.15, 0.2) is 59.5 Å². The van der Waals surface area contributed by atoms with E-state index in [0.29, 0.717) is 17.9 Å². The zero-order chi connectivity index (χ0) is 20.5. The Bertz CT molecular complexity index is 972. The summed E-state index contributed by atoms with van der Waals surface area (Å²) in [6.45, 7) is 6.60. The third-order valence-corrected chi connectivity index (χ3v) is 7.83. The van der Waals surface area contributed by atoms with Crippen LogP contribution in [-0.4, -0.2) is 76.6 Å². The van der Waals surface area contributed by atoms with Crippen LogP contribution in [0, 0.1) is 0 Å². The van der Waals surface area contributed by atoms with Gasteiger partial charge < -0.3 is 9.80 Å². The van der Waals surface area contributed by atoms with Crippen molar-refractivity contribution in [2.24, 2.45) is 0 Å². The van der Waals surface area contributed by atoms with Gasteiger partial charge in [-0.2, -0.15) is 0 Å². The number of piperazine rings is 3. The van der Waals surface area contributed by atoms with Gasteiger partial charge in [-0.25, -0.2) is 8.42 Å².